The Morgan fingerprint density at radius 2 is 2.24 bits per heavy atom. The molecule has 2 N–H and O–H groups in total. The normalized spacial score (nSPS) is 14.8. The van der Waals surface area contributed by atoms with Gasteiger partial charge in [-0.3, -0.25) is 4.79 Å². The molecule has 134 valence electrons. The molecule has 1 aliphatic heterocycles. The number of carbonyl (C=O) groups is 1. The van der Waals surface area contributed by atoms with Gasteiger partial charge in [-0.25, -0.2) is 4.98 Å². The average molecular weight is 340 g/mol. The lowest BCUT2D eigenvalue weighted by atomic mass is 10.1. The van der Waals surface area contributed by atoms with Crippen molar-refractivity contribution in [3.63, 3.8) is 0 Å². The van der Waals surface area contributed by atoms with Crippen LogP contribution < -0.4 is 10.6 Å². The number of carbonyl (C=O) groups excluding carboxylic acids is 1. The van der Waals surface area contributed by atoms with Crippen molar-refractivity contribution < 1.29 is 4.79 Å². The van der Waals surface area contributed by atoms with Crippen LogP contribution >= 0.6 is 0 Å². The van der Waals surface area contributed by atoms with Gasteiger partial charge in [0.25, 0.3) is 5.91 Å². The van der Waals surface area contributed by atoms with E-state index in [1.807, 2.05) is 18.2 Å². The van der Waals surface area contributed by atoms with E-state index in [-0.39, 0.29) is 11.9 Å². The Bertz CT molecular complexity index is 699. The summed E-state index contributed by atoms with van der Waals surface area (Å²) in [5, 5.41) is 6.45. The van der Waals surface area contributed by atoms with Gasteiger partial charge >= 0.3 is 0 Å². The van der Waals surface area contributed by atoms with Gasteiger partial charge in [0, 0.05) is 43.9 Å². The predicted octanol–water partition coefficient (Wildman–Crippen LogP) is 3.21. The Morgan fingerprint density at radius 1 is 1.36 bits per heavy atom. The van der Waals surface area contributed by atoms with Crippen molar-refractivity contribution in [2.24, 2.45) is 0 Å². The second-order valence-electron chi connectivity index (χ2n) is 6.79. The van der Waals surface area contributed by atoms with Crippen molar-refractivity contribution >= 4 is 5.91 Å². The van der Waals surface area contributed by atoms with Crippen LogP contribution in [-0.4, -0.2) is 22.0 Å². The van der Waals surface area contributed by atoms with Crippen LogP contribution in [0.4, 0.5) is 0 Å². The fraction of sp³-hybridized carbons (Fsp3) is 0.500. The molecule has 0 fully saturated rings. The van der Waals surface area contributed by atoms with Gasteiger partial charge in [-0.1, -0.05) is 19.1 Å². The first kappa shape index (κ1) is 17.7. The number of rotatable bonds is 7. The van der Waals surface area contributed by atoms with Gasteiger partial charge in [0.1, 0.15) is 5.82 Å². The van der Waals surface area contributed by atoms with Crippen molar-refractivity contribution in [3.05, 3.63) is 53.1 Å². The number of nitrogens with zero attached hydrogens (tertiary/aromatic N) is 2. The average Bonchev–Trinajstić information content (AvgIpc) is 3.08. The first-order valence-electron chi connectivity index (χ1n) is 9.34. The lowest BCUT2D eigenvalue weighted by molar-refractivity contribution is 0.0953. The van der Waals surface area contributed by atoms with Crippen molar-refractivity contribution in [2.75, 3.05) is 6.54 Å². The van der Waals surface area contributed by atoms with Crippen molar-refractivity contribution in [1.82, 2.24) is 20.2 Å². The Balaban J connectivity index is 1.59. The molecule has 1 aliphatic rings. The summed E-state index contributed by atoms with van der Waals surface area (Å²) in [4.78, 5) is 16.9. The summed E-state index contributed by atoms with van der Waals surface area (Å²) < 4.78 is 2.29. The number of aryl methyl sites for hydroxylation is 2. The Morgan fingerprint density at radius 3 is 3.04 bits per heavy atom. The molecule has 0 aliphatic carbocycles. The lowest BCUT2D eigenvalue weighted by Gasteiger charge is -2.12. The van der Waals surface area contributed by atoms with Crippen LogP contribution in [0.1, 0.15) is 66.6 Å². The lowest BCUT2D eigenvalue weighted by Crippen LogP contribution is -2.24. The highest BCUT2D eigenvalue weighted by Gasteiger charge is 2.16. The maximum absolute atomic E-state index is 12.1. The summed E-state index contributed by atoms with van der Waals surface area (Å²) in [6, 6.07) is 8.01. The van der Waals surface area contributed by atoms with E-state index < -0.39 is 0 Å². The molecule has 25 heavy (non-hydrogen) atoms. The zero-order valence-corrected chi connectivity index (χ0v) is 15.2. The second-order valence-corrected chi connectivity index (χ2v) is 6.79. The SMILES string of the molecule is CCCNC(=O)c1cccc(CNC(C)c2cn3c(n2)CCCC3)c1. The van der Waals surface area contributed by atoms with Crippen LogP contribution in [0.5, 0.6) is 0 Å². The standard InChI is InChI=1S/C20H28N4O/c1-3-10-21-20(25)17-8-6-7-16(12-17)13-22-15(2)18-14-24-11-5-4-9-19(24)23-18/h6-8,12,14-15,22H,3-5,9-11,13H2,1-2H3,(H,21,25). The van der Waals surface area contributed by atoms with E-state index >= 15 is 0 Å². The van der Waals surface area contributed by atoms with E-state index in [4.69, 9.17) is 4.98 Å². The van der Waals surface area contributed by atoms with Crippen LogP contribution in [0.15, 0.2) is 30.5 Å². The van der Waals surface area contributed by atoms with E-state index in [0.717, 1.165) is 42.8 Å². The number of nitrogens with one attached hydrogen (secondary N) is 2. The van der Waals surface area contributed by atoms with Crippen LogP contribution in [0.25, 0.3) is 0 Å². The molecule has 0 saturated carbocycles. The van der Waals surface area contributed by atoms with Gasteiger partial charge in [-0.2, -0.15) is 0 Å². The van der Waals surface area contributed by atoms with Gasteiger partial charge < -0.3 is 15.2 Å². The zero-order valence-electron chi connectivity index (χ0n) is 15.2. The number of benzene rings is 1. The summed E-state index contributed by atoms with van der Waals surface area (Å²) in [6.45, 7) is 6.72. The summed E-state index contributed by atoms with van der Waals surface area (Å²) in [5.41, 5.74) is 2.94. The number of hydrogen-bond donors (Lipinski definition) is 2. The molecule has 0 radical (unpaired) electrons. The monoisotopic (exact) mass is 340 g/mol. The number of hydrogen-bond acceptors (Lipinski definition) is 3. The van der Waals surface area contributed by atoms with Crippen molar-refractivity contribution in [2.45, 2.75) is 58.7 Å². The van der Waals surface area contributed by atoms with E-state index in [2.05, 4.69) is 41.3 Å². The van der Waals surface area contributed by atoms with E-state index in [9.17, 15) is 4.79 Å². The molecular formula is C20H28N4O. The first-order valence-corrected chi connectivity index (χ1v) is 9.34. The van der Waals surface area contributed by atoms with Crippen LogP contribution in [0, 0.1) is 0 Å². The summed E-state index contributed by atoms with van der Waals surface area (Å²) in [5.74, 6) is 1.21. The fourth-order valence-corrected chi connectivity index (χ4v) is 3.18. The van der Waals surface area contributed by atoms with E-state index in [0.29, 0.717) is 6.54 Å². The highest BCUT2D eigenvalue weighted by Crippen LogP contribution is 2.19. The molecule has 1 aromatic carbocycles. The maximum atomic E-state index is 12.1. The second kappa shape index (κ2) is 8.30. The van der Waals surface area contributed by atoms with Gasteiger partial charge in [-0.15, -0.1) is 0 Å². The van der Waals surface area contributed by atoms with Gasteiger partial charge in [0.05, 0.1) is 5.69 Å². The Labute approximate surface area is 149 Å². The summed E-state index contributed by atoms with van der Waals surface area (Å²) >= 11 is 0. The van der Waals surface area contributed by atoms with Crippen molar-refractivity contribution in [3.8, 4) is 0 Å². The molecule has 3 rings (SSSR count). The molecule has 0 saturated heterocycles. The van der Waals surface area contributed by atoms with Crippen molar-refractivity contribution in [1.29, 1.82) is 0 Å². The molecule has 0 bridgehead atoms. The van der Waals surface area contributed by atoms with Gasteiger partial charge in [0.15, 0.2) is 0 Å². The molecule has 1 atom stereocenters. The molecule has 0 spiro atoms. The van der Waals surface area contributed by atoms with Crippen LogP contribution in [-0.2, 0) is 19.5 Å². The number of amides is 1. The maximum Gasteiger partial charge on any atom is 0.251 e. The molecular weight excluding hydrogens is 312 g/mol. The minimum absolute atomic E-state index is 0.00137. The minimum Gasteiger partial charge on any atom is -0.352 e. The summed E-state index contributed by atoms with van der Waals surface area (Å²) in [6.07, 6.45) is 6.70. The quantitative estimate of drug-likeness (QED) is 0.814. The predicted molar refractivity (Wildman–Crippen MR) is 99.5 cm³/mol. The van der Waals surface area contributed by atoms with Gasteiger partial charge in [-0.05, 0) is 43.9 Å². The first-order chi connectivity index (χ1) is 12.2. The number of imidazole rings is 1. The smallest absolute Gasteiger partial charge is 0.251 e. The molecule has 1 amide bonds. The van der Waals surface area contributed by atoms with E-state index in [1.54, 1.807) is 0 Å². The fourth-order valence-electron chi connectivity index (χ4n) is 3.18. The molecule has 2 heterocycles. The zero-order chi connectivity index (χ0) is 17.6. The molecule has 2 aromatic rings. The number of aromatic nitrogens is 2. The highest BCUT2D eigenvalue weighted by molar-refractivity contribution is 5.94. The molecule has 5 nitrogen and oxygen atoms in total. The Kier molecular flexibility index (Phi) is 5.87. The Hall–Kier alpha value is -2.14. The third kappa shape index (κ3) is 4.48. The molecule has 1 aromatic heterocycles. The third-order valence-electron chi connectivity index (χ3n) is 4.71. The highest BCUT2D eigenvalue weighted by atomic mass is 16.1. The largest absolute Gasteiger partial charge is 0.352 e. The summed E-state index contributed by atoms with van der Waals surface area (Å²) in [7, 11) is 0. The third-order valence-corrected chi connectivity index (χ3v) is 4.71. The van der Waals surface area contributed by atoms with Crippen LogP contribution in [0.2, 0.25) is 0 Å². The van der Waals surface area contributed by atoms with Gasteiger partial charge in [0.2, 0.25) is 0 Å². The van der Waals surface area contributed by atoms with E-state index in [1.165, 1.54) is 18.7 Å². The minimum atomic E-state index is -0.00137. The topological polar surface area (TPSA) is 59.0 Å². The van der Waals surface area contributed by atoms with Crippen LogP contribution in [0.3, 0.4) is 0 Å². The molecule has 5 heteroatoms. The number of fused-ring (bicyclic) bond motifs is 1. The molecule has 1 unspecified atom stereocenters.